The molecular weight excluding hydrogens is 376 g/mol. The second-order valence-corrected chi connectivity index (χ2v) is 7.48. The van der Waals surface area contributed by atoms with Gasteiger partial charge in [0.1, 0.15) is 0 Å². The third-order valence-electron chi connectivity index (χ3n) is 5.06. The van der Waals surface area contributed by atoms with Crippen LogP contribution in [-0.2, 0) is 6.54 Å². The van der Waals surface area contributed by atoms with Gasteiger partial charge in [0.05, 0.1) is 26.2 Å². The lowest BCUT2D eigenvalue weighted by Gasteiger charge is -2.33. The minimum absolute atomic E-state index is 0.0949. The molecular formula is C21H22ClN4O2+. The lowest BCUT2D eigenvalue weighted by atomic mass is 10.1. The van der Waals surface area contributed by atoms with Gasteiger partial charge in [-0.1, -0.05) is 28.9 Å². The lowest BCUT2D eigenvalue weighted by Crippen LogP contribution is -3.13. The number of nitrogens with zero attached hydrogens (tertiary/aromatic N) is 3. The van der Waals surface area contributed by atoms with Gasteiger partial charge >= 0.3 is 0 Å². The number of anilines is 1. The molecule has 0 bridgehead atoms. The van der Waals surface area contributed by atoms with E-state index in [1.165, 1.54) is 4.90 Å². The maximum atomic E-state index is 11.4. The van der Waals surface area contributed by atoms with Gasteiger partial charge in [0.15, 0.2) is 12.3 Å². The van der Waals surface area contributed by atoms with Crippen LogP contribution in [-0.4, -0.2) is 42.1 Å². The maximum absolute atomic E-state index is 11.4. The van der Waals surface area contributed by atoms with Crippen LogP contribution in [0.2, 0.25) is 5.02 Å². The fraction of sp³-hybridized carbons (Fsp3) is 0.286. The molecule has 2 heterocycles. The molecule has 144 valence electrons. The summed E-state index contributed by atoms with van der Waals surface area (Å²) in [5, 5.41) is 4.74. The van der Waals surface area contributed by atoms with Gasteiger partial charge in [-0.05, 0) is 43.3 Å². The Morgan fingerprint density at radius 1 is 1.18 bits per heavy atom. The molecule has 0 saturated carbocycles. The number of carbonyl (C=O) groups excluding carboxylic acids is 1. The van der Waals surface area contributed by atoms with E-state index in [2.05, 4.69) is 15.0 Å². The van der Waals surface area contributed by atoms with Gasteiger partial charge < -0.3 is 14.3 Å². The summed E-state index contributed by atoms with van der Waals surface area (Å²) in [6.45, 7) is 6.18. The maximum Gasteiger partial charge on any atom is 0.282 e. The van der Waals surface area contributed by atoms with E-state index in [0.29, 0.717) is 23.3 Å². The number of hydrogen-bond acceptors (Lipinski definition) is 5. The number of quaternary nitrogens is 1. The van der Waals surface area contributed by atoms with E-state index >= 15 is 0 Å². The summed E-state index contributed by atoms with van der Waals surface area (Å²) in [5.74, 6) is 1.31. The Hall–Kier alpha value is -2.70. The number of aromatic nitrogens is 2. The molecule has 1 saturated heterocycles. The van der Waals surface area contributed by atoms with Crippen LogP contribution in [0.15, 0.2) is 53.1 Å². The summed E-state index contributed by atoms with van der Waals surface area (Å²) in [4.78, 5) is 19.7. The minimum Gasteiger partial charge on any atom is -0.360 e. The summed E-state index contributed by atoms with van der Waals surface area (Å²) in [7, 11) is 0. The molecule has 0 unspecified atom stereocenters. The zero-order valence-corrected chi connectivity index (χ0v) is 16.4. The van der Waals surface area contributed by atoms with E-state index in [1.54, 1.807) is 6.92 Å². The van der Waals surface area contributed by atoms with Crippen molar-refractivity contribution >= 4 is 23.1 Å². The fourth-order valence-corrected chi connectivity index (χ4v) is 3.64. The number of piperazine rings is 1. The molecule has 6 nitrogen and oxygen atoms in total. The molecule has 28 heavy (non-hydrogen) atoms. The van der Waals surface area contributed by atoms with Crippen LogP contribution >= 0.6 is 11.6 Å². The Balaban J connectivity index is 1.34. The predicted octanol–water partition coefficient (Wildman–Crippen LogP) is 2.50. The second kappa shape index (κ2) is 8.12. The standard InChI is InChI=1S/C21H21ClN4O2/c1-15(27)16-5-7-19(8-6-16)26-11-9-25(10-12-26)14-20-23-21(24-28-20)17-3-2-4-18(22)13-17/h2-8,13H,9-12,14H2,1H3/p+1. The summed E-state index contributed by atoms with van der Waals surface area (Å²) < 4.78 is 5.44. The Morgan fingerprint density at radius 3 is 2.61 bits per heavy atom. The number of carbonyl (C=O) groups is 1. The molecule has 3 aromatic rings. The van der Waals surface area contributed by atoms with Crippen molar-refractivity contribution in [2.45, 2.75) is 13.5 Å². The molecule has 2 aromatic carbocycles. The first-order valence-electron chi connectivity index (χ1n) is 9.36. The summed E-state index contributed by atoms with van der Waals surface area (Å²) in [5.41, 5.74) is 2.77. The number of halogens is 1. The lowest BCUT2D eigenvalue weighted by molar-refractivity contribution is -0.915. The second-order valence-electron chi connectivity index (χ2n) is 7.04. The highest BCUT2D eigenvalue weighted by molar-refractivity contribution is 6.30. The summed E-state index contributed by atoms with van der Waals surface area (Å²) in [6.07, 6.45) is 0. The van der Waals surface area contributed by atoms with Crippen molar-refractivity contribution in [2.24, 2.45) is 0 Å². The number of ketones is 1. The topological polar surface area (TPSA) is 63.7 Å². The largest absolute Gasteiger partial charge is 0.360 e. The van der Waals surface area contributed by atoms with Crippen molar-refractivity contribution in [3.8, 4) is 11.4 Å². The summed E-state index contributed by atoms with van der Waals surface area (Å²) in [6, 6.07) is 15.3. The van der Waals surface area contributed by atoms with Crippen LogP contribution in [0.3, 0.4) is 0 Å². The Kier molecular flexibility index (Phi) is 5.41. The van der Waals surface area contributed by atoms with Crippen LogP contribution in [0, 0.1) is 0 Å². The van der Waals surface area contributed by atoms with E-state index in [-0.39, 0.29) is 5.78 Å². The van der Waals surface area contributed by atoms with Crippen molar-refractivity contribution in [2.75, 3.05) is 31.1 Å². The van der Waals surface area contributed by atoms with E-state index in [0.717, 1.165) is 43.0 Å². The SMILES string of the molecule is CC(=O)c1ccc(N2CC[NH+](Cc3nc(-c4cccc(Cl)c4)no3)CC2)cc1. The molecule has 1 N–H and O–H groups in total. The number of Topliss-reactive ketones (excluding diaryl/α,β-unsaturated/α-hetero) is 1. The molecule has 0 aliphatic carbocycles. The Labute approximate surface area is 168 Å². The van der Waals surface area contributed by atoms with Gasteiger partial charge in [-0.15, -0.1) is 0 Å². The molecule has 4 rings (SSSR count). The first kappa shape index (κ1) is 18.7. The molecule has 1 aliphatic heterocycles. The predicted molar refractivity (Wildman–Crippen MR) is 108 cm³/mol. The van der Waals surface area contributed by atoms with Crippen molar-refractivity contribution in [1.29, 1.82) is 0 Å². The van der Waals surface area contributed by atoms with Gasteiger partial charge in [-0.25, -0.2) is 0 Å². The first-order chi connectivity index (χ1) is 13.6. The Bertz CT molecular complexity index is 963. The van der Waals surface area contributed by atoms with Crippen molar-refractivity contribution in [3.63, 3.8) is 0 Å². The highest BCUT2D eigenvalue weighted by Crippen LogP contribution is 2.20. The highest BCUT2D eigenvalue weighted by atomic mass is 35.5. The normalized spacial score (nSPS) is 15.0. The van der Waals surface area contributed by atoms with Gasteiger partial charge in [0, 0.05) is 21.8 Å². The van der Waals surface area contributed by atoms with Gasteiger partial charge in [0.25, 0.3) is 5.89 Å². The number of rotatable bonds is 5. The van der Waals surface area contributed by atoms with E-state index in [4.69, 9.17) is 16.1 Å². The monoisotopic (exact) mass is 397 g/mol. The molecule has 7 heteroatoms. The molecule has 0 radical (unpaired) electrons. The first-order valence-corrected chi connectivity index (χ1v) is 9.74. The quantitative estimate of drug-likeness (QED) is 0.670. The van der Waals surface area contributed by atoms with E-state index in [9.17, 15) is 4.79 Å². The van der Waals surface area contributed by atoms with Crippen molar-refractivity contribution < 1.29 is 14.2 Å². The average Bonchev–Trinajstić information content (AvgIpc) is 3.17. The van der Waals surface area contributed by atoms with Crippen LogP contribution in [0.1, 0.15) is 23.2 Å². The fourth-order valence-electron chi connectivity index (χ4n) is 3.45. The van der Waals surface area contributed by atoms with Gasteiger partial charge in [-0.3, -0.25) is 4.79 Å². The van der Waals surface area contributed by atoms with Crippen LogP contribution in [0.25, 0.3) is 11.4 Å². The number of benzene rings is 2. The van der Waals surface area contributed by atoms with Gasteiger partial charge in [0.2, 0.25) is 5.82 Å². The molecule has 0 spiro atoms. The van der Waals surface area contributed by atoms with Crippen LogP contribution < -0.4 is 9.80 Å². The third-order valence-corrected chi connectivity index (χ3v) is 5.30. The van der Waals surface area contributed by atoms with Gasteiger partial charge in [-0.2, -0.15) is 4.98 Å². The van der Waals surface area contributed by atoms with E-state index in [1.807, 2.05) is 48.5 Å². The molecule has 0 atom stereocenters. The van der Waals surface area contributed by atoms with Crippen molar-refractivity contribution in [1.82, 2.24) is 10.1 Å². The zero-order chi connectivity index (χ0) is 19.5. The number of hydrogen-bond donors (Lipinski definition) is 1. The third kappa shape index (κ3) is 4.24. The molecule has 1 aliphatic rings. The molecule has 0 amide bonds. The molecule has 1 aromatic heterocycles. The van der Waals surface area contributed by atoms with Crippen LogP contribution in [0.5, 0.6) is 0 Å². The molecule has 1 fully saturated rings. The van der Waals surface area contributed by atoms with E-state index < -0.39 is 0 Å². The summed E-state index contributed by atoms with van der Waals surface area (Å²) >= 11 is 6.03. The smallest absolute Gasteiger partial charge is 0.282 e. The minimum atomic E-state index is 0.0949. The van der Waals surface area contributed by atoms with Crippen LogP contribution in [0.4, 0.5) is 5.69 Å². The number of nitrogens with one attached hydrogen (secondary N) is 1. The average molecular weight is 398 g/mol. The zero-order valence-electron chi connectivity index (χ0n) is 15.7. The highest BCUT2D eigenvalue weighted by Gasteiger charge is 2.23. The Morgan fingerprint density at radius 2 is 1.93 bits per heavy atom. The van der Waals surface area contributed by atoms with Crippen molar-refractivity contribution in [3.05, 3.63) is 65.0 Å².